The number of aryl methyl sites for hydroxylation is 1. The van der Waals surface area contributed by atoms with Crippen LogP contribution >= 0.6 is 0 Å². The fourth-order valence-electron chi connectivity index (χ4n) is 3.39. The average molecular weight is 315 g/mol. The van der Waals surface area contributed by atoms with E-state index in [0.29, 0.717) is 17.3 Å². The largest absolute Gasteiger partial charge is 0.367 e. The first kappa shape index (κ1) is 17.7. The van der Waals surface area contributed by atoms with Gasteiger partial charge in [0, 0.05) is 6.54 Å². The SMILES string of the molecule is CCCN1CCC(CNc2nnc(CC)c(CC)c2C#N)CC1. The second kappa shape index (κ2) is 8.83. The highest BCUT2D eigenvalue weighted by molar-refractivity contribution is 5.56. The lowest BCUT2D eigenvalue weighted by molar-refractivity contribution is 0.190. The Morgan fingerprint density at radius 2 is 1.91 bits per heavy atom. The molecule has 1 aromatic rings. The molecule has 0 amide bonds. The summed E-state index contributed by atoms with van der Waals surface area (Å²) in [5.74, 6) is 1.32. The molecular formula is C18H29N5. The van der Waals surface area contributed by atoms with E-state index in [2.05, 4.69) is 47.3 Å². The van der Waals surface area contributed by atoms with Gasteiger partial charge in [-0.3, -0.25) is 0 Å². The zero-order chi connectivity index (χ0) is 16.7. The minimum Gasteiger partial charge on any atom is -0.367 e. The maximum absolute atomic E-state index is 9.52. The van der Waals surface area contributed by atoms with E-state index in [1.807, 2.05) is 0 Å². The van der Waals surface area contributed by atoms with E-state index in [4.69, 9.17) is 0 Å². The van der Waals surface area contributed by atoms with Crippen molar-refractivity contribution < 1.29 is 0 Å². The first-order valence-corrected chi connectivity index (χ1v) is 8.98. The lowest BCUT2D eigenvalue weighted by Crippen LogP contribution is -2.36. The molecule has 1 saturated heterocycles. The molecule has 0 spiro atoms. The number of hydrogen-bond acceptors (Lipinski definition) is 5. The van der Waals surface area contributed by atoms with E-state index in [-0.39, 0.29) is 0 Å². The van der Waals surface area contributed by atoms with Gasteiger partial charge < -0.3 is 10.2 Å². The van der Waals surface area contributed by atoms with E-state index in [1.165, 1.54) is 38.9 Å². The van der Waals surface area contributed by atoms with Gasteiger partial charge in [0.25, 0.3) is 0 Å². The van der Waals surface area contributed by atoms with Crippen molar-refractivity contribution >= 4 is 5.82 Å². The molecule has 23 heavy (non-hydrogen) atoms. The molecule has 1 fully saturated rings. The molecule has 1 aromatic heterocycles. The van der Waals surface area contributed by atoms with Gasteiger partial charge in [0.1, 0.15) is 11.6 Å². The van der Waals surface area contributed by atoms with E-state index in [0.717, 1.165) is 30.6 Å². The first-order valence-electron chi connectivity index (χ1n) is 8.98. The Labute approximate surface area is 140 Å². The van der Waals surface area contributed by atoms with Gasteiger partial charge in [-0.2, -0.15) is 10.4 Å². The topological polar surface area (TPSA) is 64.8 Å². The summed E-state index contributed by atoms with van der Waals surface area (Å²) in [4.78, 5) is 2.54. The van der Waals surface area contributed by atoms with Crippen molar-refractivity contribution in [3.05, 3.63) is 16.8 Å². The molecule has 0 radical (unpaired) electrons. The van der Waals surface area contributed by atoms with Crippen LogP contribution in [-0.4, -0.2) is 41.3 Å². The van der Waals surface area contributed by atoms with Crippen molar-refractivity contribution in [1.29, 1.82) is 5.26 Å². The van der Waals surface area contributed by atoms with Crippen molar-refractivity contribution in [1.82, 2.24) is 15.1 Å². The standard InChI is InChI=1S/C18H29N5/c1-4-9-23-10-7-14(8-11-23)13-20-18-16(12-19)15(5-2)17(6-3)21-22-18/h14H,4-11,13H2,1-3H3,(H,20,22). The molecule has 1 aliphatic heterocycles. The normalized spacial score (nSPS) is 16.3. The van der Waals surface area contributed by atoms with Crippen LogP contribution in [0, 0.1) is 17.2 Å². The smallest absolute Gasteiger partial charge is 0.166 e. The molecule has 0 aromatic carbocycles. The number of anilines is 1. The molecule has 0 atom stereocenters. The molecule has 126 valence electrons. The predicted octanol–water partition coefficient (Wildman–Crippen LogP) is 3.01. The van der Waals surface area contributed by atoms with Crippen LogP contribution in [0.5, 0.6) is 0 Å². The summed E-state index contributed by atoms with van der Waals surface area (Å²) in [5.41, 5.74) is 2.68. The third-order valence-corrected chi connectivity index (χ3v) is 4.76. The van der Waals surface area contributed by atoms with Crippen molar-refractivity contribution in [3.8, 4) is 6.07 Å². The minimum atomic E-state index is 0.660. The molecule has 5 nitrogen and oxygen atoms in total. The van der Waals surface area contributed by atoms with Gasteiger partial charge in [0.2, 0.25) is 0 Å². The molecule has 0 bridgehead atoms. The molecular weight excluding hydrogens is 286 g/mol. The maximum atomic E-state index is 9.52. The highest BCUT2D eigenvalue weighted by Crippen LogP contribution is 2.22. The summed E-state index contributed by atoms with van der Waals surface area (Å²) in [7, 11) is 0. The lowest BCUT2D eigenvalue weighted by Gasteiger charge is -2.31. The van der Waals surface area contributed by atoms with Gasteiger partial charge >= 0.3 is 0 Å². The van der Waals surface area contributed by atoms with Crippen LogP contribution in [0.4, 0.5) is 5.82 Å². The fraction of sp³-hybridized carbons (Fsp3) is 0.722. The minimum absolute atomic E-state index is 0.660. The van der Waals surface area contributed by atoms with Gasteiger partial charge in [0.15, 0.2) is 5.82 Å². The van der Waals surface area contributed by atoms with Gasteiger partial charge in [-0.15, -0.1) is 5.10 Å². The zero-order valence-corrected chi connectivity index (χ0v) is 14.7. The molecule has 2 heterocycles. The Hall–Kier alpha value is -1.67. The molecule has 0 unspecified atom stereocenters. The van der Waals surface area contributed by atoms with E-state index < -0.39 is 0 Å². The van der Waals surface area contributed by atoms with Gasteiger partial charge in [-0.1, -0.05) is 20.8 Å². The first-order chi connectivity index (χ1) is 11.2. The van der Waals surface area contributed by atoms with Crippen molar-refractivity contribution in [2.75, 3.05) is 31.5 Å². The fourth-order valence-corrected chi connectivity index (χ4v) is 3.39. The molecule has 2 rings (SSSR count). The van der Waals surface area contributed by atoms with Gasteiger partial charge in [-0.05, 0) is 63.2 Å². The Kier molecular flexibility index (Phi) is 6.79. The molecule has 1 N–H and O–H groups in total. The Morgan fingerprint density at radius 3 is 2.48 bits per heavy atom. The molecule has 1 aliphatic rings. The number of nitriles is 1. The predicted molar refractivity (Wildman–Crippen MR) is 93.4 cm³/mol. The zero-order valence-electron chi connectivity index (χ0n) is 14.7. The van der Waals surface area contributed by atoms with Crippen LogP contribution in [-0.2, 0) is 12.8 Å². The molecule has 0 aliphatic carbocycles. The second-order valence-electron chi connectivity index (χ2n) is 6.33. The number of hydrogen-bond donors (Lipinski definition) is 1. The van der Waals surface area contributed by atoms with E-state index in [9.17, 15) is 5.26 Å². The number of piperidine rings is 1. The summed E-state index contributed by atoms with van der Waals surface area (Å²) in [6, 6.07) is 2.33. The summed E-state index contributed by atoms with van der Waals surface area (Å²) in [6.07, 6.45) is 5.31. The lowest BCUT2D eigenvalue weighted by atomic mass is 9.96. The van der Waals surface area contributed by atoms with Crippen molar-refractivity contribution in [2.24, 2.45) is 5.92 Å². The number of nitrogens with zero attached hydrogens (tertiary/aromatic N) is 4. The number of likely N-dealkylation sites (tertiary alicyclic amines) is 1. The number of aromatic nitrogens is 2. The van der Waals surface area contributed by atoms with Crippen molar-refractivity contribution in [3.63, 3.8) is 0 Å². The van der Waals surface area contributed by atoms with Crippen LogP contribution in [0.2, 0.25) is 0 Å². The monoisotopic (exact) mass is 315 g/mol. The van der Waals surface area contributed by atoms with Crippen LogP contribution in [0.15, 0.2) is 0 Å². The van der Waals surface area contributed by atoms with Gasteiger partial charge in [-0.25, -0.2) is 0 Å². The third kappa shape index (κ3) is 4.42. The molecule has 5 heteroatoms. The summed E-state index contributed by atoms with van der Waals surface area (Å²) >= 11 is 0. The Morgan fingerprint density at radius 1 is 1.17 bits per heavy atom. The van der Waals surface area contributed by atoms with Crippen molar-refractivity contribution in [2.45, 2.75) is 52.9 Å². The summed E-state index contributed by atoms with van der Waals surface area (Å²) < 4.78 is 0. The second-order valence-corrected chi connectivity index (χ2v) is 6.33. The van der Waals surface area contributed by atoms with Crippen LogP contribution < -0.4 is 5.32 Å². The molecule has 0 saturated carbocycles. The third-order valence-electron chi connectivity index (χ3n) is 4.76. The Balaban J connectivity index is 1.98. The van der Waals surface area contributed by atoms with Crippen LogP contribution in [0.1, 0.15) is 56.9 Å². The quantitative estimate of drug-likeness (QED) is 0.838. The van der Waals surface area contributed by atoms with E-state index in [1.54, 1.807) is 0 Å². The number of nitrogens with one attached hydrogen (secondary N) is 1. The highest BCUT2D eigenvalue weighted by atomic mass is 15.2. The van der Waals surface area contributed by atoms with Crippen LogP contribution in [0.25, 0.3) is 0 Å². The maximum Gasteiger partial charge on any atom is 0.166 e. The summed E-state index contributed by atoms with van der Waals surface area (Å²) in [6.45, 7) is 10.8. The highest BCUT2D eigenvalue weighted by Gasteiger charge is 2.20. The number of rotatable bonds is 7. The summed E-state index contributed by atoms with van der Waals surface area (Å²) in [5, 5.41) is 21.5. The van der Waals surface area contributed by atoms with Crippen LogP contribution in [0.3, 0.4) is 0 Å². The Bertz CT molecular complexity index is 541. The van der Waals surface area contributed by atoms with Gasteiger partial charge in [0.05, 0.1) is 5.69 Å². The average Bonchev–Trinajstić information content (AvgIpc) is 2.60. The van der Waals surface area contributed by atoms with E-state index >= 15 is 0 Å².